The van der Waals surface area contributed by atoms with Gasteiger partial charge in [0.2, 0.25) is 5.91 Å². The molecule has 2 aromatic rings. The molecule has 1 heterocycles. The molecule has 4 nitrogen and oxygen atoms in total. The zero-order chi connectivity index (χ0) is 18.7. The van der Waals surface area contributed by atoms with E-state index < -0.39 is 5.82 Å². The monoisotopic (exact) mass is 438 g/mol. The van der Waals surface area contributed by atoms with Crippen LogP contribution in [0.25, 0.3) is 0 Å². The number of halogens is 3. The Kier molecular flexibility index (Phi) is 5.94. The van der Waals surface area contributed by atoms with Crippen LogP contribution in [0.2, 0.25) is 5.02 Å². The van der Waals surface area contributed by atoms with Gasteiger partial charge < -0.3 is 9.80 Å². The SMILES string of the molecule is O=C(Cc1cc(Br)ccc1Cl)N1CCN(C(=O)c2ccccc2F)CC1. The maximum Gasteiger partial charge on any atom is 0.256 e. The van der Waals surface area contributed by atoms with Gasteiger partial charge in [0, 0.05) is 35.7 Å². The third-order valence-corrected chi connectivity index (χ3v) is 5.24. The van der Waals surface area contributed by atoms with Crippen molar-refractivity contribution >= 4 is 39.3 Å². The standard InChI is InChI=1S/C19H17BrClFN2O2/c20-14-5-6-16(21)13(11-14)12-18(25)23-7-9-24(10-8-23)19(26)15-3-1-2-4-17(15)22/h1-6,11H,7-10,12H2. The number of hydrogen-bond donors (Lipinski definition) is 0. The molecule has 3 rings (SSSR count). The van der Waals surface area contributed by atoms with Crippen LogP contribution in [0.4, 0.5) is 4.39 Å². The largest absolute Gasteiger partial charge is 0.339 e. The van der Waals surface area contributed by atoms with Crippen molar-refractivity contribution < 1.29 is 14.0 Å². The van der Waals surface area contributed by atoms with Crippen molar-refractivity contribution in [1.29, 1.82) is 0 Å². The maximum atomic E-state index is 13.8. The first-order valence-corrected chi connectivity index (χ1v) is 9.38. The van der Waals surface area contributed by atoms with Gasteiger partial charge in [0.05, 0.1) is 12.0 Å². The van der Waals surface area contributed by atoms with E-state index >= 15 is 0 Å². The van der Waals surface area contributed by atoms with Crippen LogP contribution >= 0.6 is 27.5 Å². The molecular weight excluding hydrogens is 423 g/mol. The fourth-order valence-corrected chi connectivity index (χ4v) is 3.51. The molecular formula is C19H17BrClFN2O2. The molecule has 2 amide bonds. The molecule has 0 unspecified atom stereocenters. The van der Waals surface area contributed by atoms with Gasteiger partial charge in [-0.2, -0.15) is 0 Å². The van der Waals surface area contributed by atoms with Crippen LogP contribution in [-0.4, -0.2) is 47.8 Å². The van der Waals surface area contributed by atoms with E-state index in [4.69, 9.17) is 11.6 Å². The van der Waals surface area contributed by atoms with E-state index in [0.717, 1.165) is 10.0 Å². The van der Waals surface area contributed by atoms with Gasteiger partial charge in [-0.05, 0) is 35.9 Å². The predicted molar refractivity (Wildman–Crippen MR) is 102 cm³/mol. The maximum absolute atomic E-state index is 13.8. The molecule has 1 aliphatic rings. The lowest BCUT2D eigenvalue weighted by Gasteiger charge is -2.35. The molecule has 1 saturated heterocycles. The fourth-order valence-electron chi connectivity index (χ4n) is 2.92. The Bertz CT molecular complexity index is 838. The molecule has 136 valence electrons. The molecule has 0 atom stereocenters. The second-order valence-electron chi connectivity index (χ2n) is 6.07. The van der Waals surface area contributed by atoms with Crippen molar-refractivity contribution in [2.45, 2.75) is 6.42 Å². The number of carbonyl (C=O) groups is 2. The minimum absolute atomic E-state index is 0.0389. The lowest BCUT2D eigenvalue weighted by Crippen LogP contribution is -2.51. The first-order chi connectivity index (χ1) is 12.5. The number of rotatable bonds is 3. The van der Waals surface area contributed by atoms with E-state index in [2.05, 4.69) is 15.9 Å². The van der Waals surface area contributed by atoms with Gasteiger partial charge >= 0.3 is 0 Å². The smallest absolute Gasteiger partial charge is 0.256 e. The van der Waals surface area contributed by atoms with Crippen LogP contribution in [0, 0.1) is 5.82 Å². The highest BCUT2D eigenvalue weighted by molar-refractivity contribution is 9.10. The summed E-state index contributed by atoms with van der Waals surface area (Å²) < 4.78 is 14.7. The van der Waals surface area contributed by atoms with E-state index in [1.54, 1.807) is 28.0 Å². The number of nitrogens with zero attached hydrogens (tertiary/aromatic N) is 2. The molecule has 0 aliphatic carbocycles. The van der Waals surface area contributed by atoms with Crippen molar-refractivity contribution in [1.82, 2.24) is 9.80 Å². The Hall–Kier alpha value is -1.92. The van der Waals surface area contributed by atoms with Crippen LogP contribution < -0.4 is 0 Å². The number of hydrogen-bond acceptors (Lipinski definition) is 2. The minimum atomic E-state index is -0.527. The highest BCUT2D eigenvalue weighted by atomic mass is 79.9. The van der Waals surface area contributed by atoms with E-state index in [9.17, 15) is 14.0 Å². The highest BCUT2D eigenvalue weighted by Crippen LogP contribution is 2.22. The van der Waals surface area contributed by atoms with Gasteiger partial charge in [-0.25, -0.2) is 4.39 Å². The number of piperazine rings is 1. The van der Waals surface area contributed by atoms with E-state index in [1.165, 1.54) is 12.1 Å². The van der Waals surface area contributed by atoms with Gasteiger partial charge in [0.15, 0.2) is 0 Å². The zero-order valence-corrected chi connectivity index (χ0v) is 16.3. The van der Waals surface area contributed by atoms with E-state index in [1.807, 2.05) is 12.1 Å². The topological polar surface area (TPSA) is 40.6 Å². The Morgan fingerprint density at radius 3 is 2.38 bits per heavy atom. The summed E-state index contributed by atoms with van der Waals surface area (Å²) in [5.74, 6) is -0.909. The number of benzene rings is 2. The molecule has 0 N–H and O–H groups in total. The third kappa shape index (κ3) is 4.24. The van der Waals surface area contributed by atoms with E-state index in [-0.39, 0.29) is 23.8 Å². The zero-order valence-electron chi connectivity index (χ0n) is 13.9. The second-order valence-corrected chi connectivity index (χ2v) is 7.39. The predicted octanol–water partition coefficient (Wildman–Crippen LogP) is 3.77. The molecule has 2 aromatic carbocycles. The van der Waals surface area contributed by atoms with Gasteiger partial charge in [-0.1, -0.05) is 39.7 Å². The average molecular weight is 440 g/mol. The Balaban J connectivity index is 1.60. The molecule has 0 bridgehead atoms. The van der Waals surface area contributed by atoms with Crippen molar-refractivity contribution in [2.75, 3.05) is 26.2 Å². The second kappa shape index (κ2) is 8.18. The van der Waals surface area contributed by atoms with Gasteiger partial charge in [0.1, 0.15) is 5.82 Å². The quantitative estimate of drug-likeness (QED) is 0.730. The molecule has 0 spiro atoms. The van der Waals surface area contributed by atoms with E-state index in [0.29, 0.717) is 31.2 Å². The average Bonchev–Trinajstić information content (AvgIpc) is 2.64. The normalized spacial score (nSPS) is 14.4. The Morgan fingerprint density at radius 1 is 1.04 bits per heavy atom. The summed E-state index contributed by atoms with van der Waals surface area (Å²) in [6, 6.07) is 11.3. The van der Waals surface area contributed by atoms with Gasteiger partial charge in [-0.3, -0.25) is 9.59 Å². The molecule has 0 saturated carbocycles. The number of amides is 2. The molecule has 1 fully saturated rings. The molecule has 0 aromatic heterocycles. The summed E-state index contributed by atoms with van der Waals surface area (Å²) in [7, 11) is 0. The summed E-state index contributed by atoms with van der Waals surface area (Å²) in [6.45, 7) is 1.60. The van der Waals surface area contributed by atoms with Crippen molar-refractivity contribution in [2.24, 2.45) is 0 Å². The Morgan fingerprint density at radius 2 is 1.69 bits per heavy atom. The van der Waals surface area contributed by atoms with Crippen LogP contribution in [0.5, 0.6) is 0 Å². The van der Waals surface area contributed by atoms with Gasteiger partial charge in [-0.15, -0.1) is 0 Å². The third-order valence-electron chi connectivity index (χ3n) is 4.37. The molecule has 26 heavy (non-hydrogen) atoms. The Labute approximate surface area is 164 Å². The van der Waals surface area contributed by atoms with Crippen LogP contribution in [0.1, 0.15) is 15.9 Å². The van der Waals surface area contributed by atoms with Crippen molar-refractivity contribution in [3.63, 3.8) is 0 Å². The summed E-state index contributed by atoms with van der Waals surface area (Å²) in [5, 5.41) is 0.551. The van der Waals surface area contributed by atoms with Crippen LogP contribution in [0.15, 0.2) is 46.9 Å². The summed E-state index contributed by atoms with van der Waals surface area (Å²) in [5.41, 5.74) is 0.823. The lowest BCUT2D eigenvalue weighted by atomic mass is 10.1. The lowest BCUT2D eigenvalue weighted by molar-refractivity contribution is -0.131. The fraction of sp³-hybridized carbons (Fsp3) is 0.263. The first kappa shape index (κ1) is 18.9. The summed E-state index contributed by atoms with van der Waals surface area (Å²) in [6.07, 6.45) is 0.208. The van der Waals surface area contributed by atoms with Crippen LogP contribution in [0.3, 0.4) is 0 Å². The molecule has 0 radical (unpaired) electrons. The van der Waals surface area contributed by atoms with Crippen LogP contribution in [-0.2, 0) is 11.2 Å². The molecule has 1 aliphatic heterocycles. The highest BCUT2D eigenvalue weighted by Gasteiger charge is 2.26. The van der Waals surface area contributed by atoms with Crippen molar-refractivity contribution in [3.05, 3.63) is 68.9 Å². The van der Waals surface area contributed by atoms with Gasteiger partial charge in [0.25, 0.3) is 5.91 Å². The molecule has 7 heteroatoms. The first-order valence-electron chi connectivity index (χ1n) is 8.21. The number of carbonyl (C=O) groups excluding carboxylic acids is 2. The minimum Gasteiger partial charge on any atom is -0.339 e. The summed E-state index contributed by atoms with van der Waals surface area (Å²) >= 11 is 9.52. The summed E-state index contributed by atoms with van der Waals surface area (Å²) in [4.78, 5) is 28.2. The van der Waals surface area contributed by atoms with Crippen molar-refractivity contribution in [3.8, 4) is 0 Å².